The largest absolute Gasteiger partial charge is 0.496 e. The second kappa shape index (κ2) is 6.64. The molecule has 0 saturated carbocycles. The first-order valence-electron chi connectivity index (χ1n) is 5.93. The number of para-hydroxylation sites is 1. The van der Waals surface area contributed by atoms with Crippen molar-refractivity contribution >= 4 is 17.5 Å². The number of rotatable bonds is 6. The van der Waals surface area contributed by atoms with Gasteiger partial charge in [0.15, 0.2) is 0 Å². The molecule has 0 aliphatic carbocycles. The van der Waals surface area contributed by atoms with Gasteiger partial charge in [-0.05, 0) is 11.5 Å². The minimum atomic E-state index is -0.0853. The van der Waals surface area contributed by atoms with Crippen LogP contribution in [0.3, 0.4) is 0 Å². The van der Waals surface area contributed by atoms with Crippen LogP contribution < -0.4 is 10.1 Å². The van der Waals surface area contributed by atoms with E-state index in [0.717, 1.165) is 11.3 Å². The molecule has 0 heterocycles. The number of halogens is 1. The molecule has 0 bridgehead atoms. The smallest absolute Gasteiger partial charge is 0.224 e. The van der Waals surface area contributed by atoms with Gasteiger partial charge in [-0.25, -0.2) is 0 Å². The summed E-state index contributed by atoms with van der Waals surface area (Å²) < 4.78 is 5.21. The Hall–Kier alpha value is -1.22. The molecule has 18 heavy (non-hydrogen) atoms. The summed E-state index contributed by atoms with van der Waals surface area (Å²) in [6.07, 6.45) is 0.322. The fraction of sp³-hybridized carbons (Fsp3) is 0.500. The van der Waals surface area contributed by atoms with Gasteiger partial charge in [0.1, 0.15) is 5.75 Å². The lowest BCUT2D eigenvalue weighted by molar-refractivity contribution is -0.120. The van der Waals surface area contributed by atoms with Gasteiger partial charge in [-0.3, -0.25) is 4.79 Å². The third-order valence-electron chi connectivity index (χ3n) is 2.67. The van der Waals surface area contributed by atoms with Crippen molar-refractivity contribution in [1.29, 1.82) is 0 Å². The summed E-state index contributed by atoms with van der Waals surface area (Å²) >= 11 is 5.81. The summed E-state index contributed by atoms with van der Waals surface area (Å²) in [5.41, 5.74) is 0.805. The summed E-state index contributed by atoms with van der Waals surface area (Å²) in [6, 6.07) is 7.53. The van der Waals surface area contributed by atoms with Crippen LogP contribution >= 0.6 is 11.6 Å². The maximum Gasteiger partial charge on any atom is 0.224 e. The average molecular weight is 270 g/mol. The van der Waals surface area contributed by atoms with Crippen LogP contribution in [-0.2, 0) is 11.2 Å². The number of carbonyl (C=O) groups excluding carboxylic acids is 1. The average Bonchev–Trinajstić information content (AvgIpc) is 2.37. The molecule has 0 saturated heterocycles. The fourth-order valence-electron chi connectivity index (χ4n) is 1.47. The Balaban J connectivity index is 2.55. The highest BCUT2D eigenvalue weighted by Crippen LogP contribution is 2.18. The Morgan fingerprint density at radius 3 is 2.67 bits per heavy atom. The molecule has 4 heteroatoms. The van der Waals surface area contributed by atoms with Crippen LogP contribution in [0.2, 0.25) is 0 Å². The quantitative estimate of drug-likeness (QED) is 0.807. The minimum absolute atomic E-state index is 0.0160. The number of hydrogen-bond acceptors (Lipinski definition) is 2. The van der Waals surface area contributed by atoms with E-state index in [1.165, 1.54) is 0 Å². The summed E-state index contributed by atoms with van der Waals surface area (Å²) in [4.78, 5) is 11.8. The van der Waals surface area contributed by atoms with E-state index in [1.807, 2.05) is 38.1 Å². The zero-order valence-corrected chi connectivity index (χ0v) is 11.9. The molecule has 0 radical (unpaired) electrons. The van der Waals surface area contributed by atoms with E-state index in [-0.39, 0.29) is 11.3 Å². The molecule has 1 aromatic rings. The molecular formula is C14H20ClNO2. The first-order valence-corrected chi connectivity index (χ1v) is 6.46. The maximum atomic E-state index is 11.8. The number of hydrogen-bond donors (Lipinski definition) is 1. The molecule has 0 aliphatic rings. The number of benzene rings is 1. The van der Waals surface area contributed by atoms with E-state index in [4.69, 9.17) is 16.3 Å². The monoisotopic (exact) mass is 269 g/mol. The van der Waals surface area contributed by atoms with Gasteiger partial charge in [-0.2, -0.15) is 0 Å². The molecule has 0 aromatic heterocycles. The third-order valence-corrected chi connectivity index (χ3v) is 3.39. The van der Waals surface area contributed by atoms with Gasteiger partial charge in [0.25, 0.3) is 0 Å². The highest BCUT2D eigenvalue weighted by Gasteiger charge is 2.17. The predicted molar refractivity (Wildman–Crippen MR) is 74.2 cm³/mol. The van der Waals surface area contributed by atoms with Crippen LogP contribution in [0.25, 0.3) is 0 Å². The number of nitrogens with one attached hydrogen (secondary N) is 1. The maximum absolute atomic E-state index is 11.8. The van der Waals surface area contributed by atoms with Crippen LogP contribution in [-0.4, -0.2) is 25.4 Å². The molecule has 0 fully saturated rings. The summed E-state index contributed by atoms with van der Waals surface area (Å²) in [6.45, 7) is 4.61. The van der Waals surface area contributed by atoms with Crippen molar-refractivity contribution in [2.45, 2.75) is 20.3 Å². The molecule has 0 aliphatic heterocycles. The molecule has 1 amide bonds. The number of methoxy groups -OCH3 is 1. The Bertz CT molecular complexity index is 405. The van der Waals surface area contributed by atoms with Gasteiger partial charge in [-0.15, -0.1) is 11.6 Å². The minimum Gasteiger partial charge on any atom is -0.496 e. The number of carbonyl (C=O) groups is 1. The third kappa shape index (κ3) is 4.57. The van der Waals surface area contributed by atoms with Gasteiger partial charge in [0.2, 0.25) is 5.91 Å². The molecule has 0 unspecified atom stereocenters. The van der Waals surface area contributed by atoms with Crippen molar-refractivity contribution in [3.63, 3.8) is 0 Å². The van der Waals surface area contributed by atoms with Crippen molar-refractivity contribution in [3.8, 4) is 5.75 Å². The normalized spacial score (nSPS) is 11.1. The number of amides is 1. The number of alkyl halides is 1. The van der Waals surface area contributed by atoms with Gasteiger partial charge < -0.3 is 10.1 Å². The first-order chi connectivity index (χ1) is 8.48. The predicted octanol–water partition coefficient (Wildman–Crippen LogP) is 2.62. The lowest BCUT2D eigenvalue weighted by Gasteiger charge is -2.21. The van der Waals surface area contributed by atoms with Crippen LogP contribution in [0.15, 0.2) is 24.3 Å². The Morgan fingerprint density at radius 1 is 1.39 bits per heavy atom. The fourth-order valence-corrected chi connectivity index (χ4v) is 1.56. The Morgan fingerprint density at radius 2 is 2.06 bits per heavy atom. The first kappa shape index (κ1) is 14.8. The molecular weight excluding hydrogens is 250 g/mol. The van der Waals surface area contributed by atoms with Crippen LogP contribution in [0.4, 0.5) is 0 Å². The van der Waals surface area contributed by atoms with Gasteiger partial charge in [0, 0.05) is 18.0 Å². The van der Waals surface area contributed by atoms with Crippen molar-refractivity contribution in [2.24, 2.45) is 5.41 Å². The van der Waals surface area contributed by atoms with Gasteiger partial charge in [0.05, 0.1) is 13.5 Å². The van der Waals surface area contributed by atoms with E-state index in [2.05, 4.69) is 5.32 Å². The second-order valence-electron chi connectivity index (χ2n) is 5.06. The molecule has 0 atom stereocenters. The van der Waals surface area contributed by atoms with E-state index in [1.54, 1.807) is 7.11 Å². The Labute approximate surface area is 113 Å². The van der Waals surface area contributed by atoms with Crippen molar-refractivity contribution in [1.82, 2.24) is 5.32 Å². The molecule has 3 nitrogen and oxygen atoms in total. The molecule has 100 valence electrons. The summed E-state index contributed by atoms with van der Waals surface area (Å²) in [7, 11) is 1.60. The summed E-state index contributed by atoms with van der Waals surface area (Å²) in [5, 5.41) is 2.89. The van der Waals surface area contributed by atoms with E-state index < -0.39 is 0 Å². The lowest BCUT2D eigenvalue weighted by atomic mass is 9.96. The lowest BCUT2D eigenvalue weighted by Crippen LogP contribution is -2.35. The van der Waals surface area contributed by atoms with Gasteiger partial charge >= 0.3 is 0 Å². The van der Waals surface area contributed by atoms with Crippen molar-refractivity contribution in [2.75, 3.05) is 19.5 Å². The van der Waals surface area contributed by atoms with Crippen molar-refractivity contribution < 1.29 is 9.53 Å². The van der Waals surface area contributed by atoms with Gasteiger partial charge in [-0.1, -0.05) is 32.0 Å². The molecule has 1 aromatic carbocycles. The van der Waals surface area contributed by atoms with Crippen LogP contribution in [0.5, 0.6) is 5.75 Å². The van der Waals surface area contributed by atoms with E-state index in [9.17, 15) is 4.79 Å². The SMILES string of the molecule is COc1ccccc1CC(=O)NCC(C)(C)CCl. The van der Waals surface area contributed by atoms with E-state index >= 15 is 0 Å². The topological polar surface area (TPSA) is 38.3 Å². The zero-order valence-electron chi connectivity index (χ0n) is 11.1. The zero-order chi connectivity index (χ0) is 13.6. The summed E-state index contributed by atoms with van der Waals surface area (Å²) in [5.74, 6) is 1.24. The standard InChI is InChI=1S/C14H20ClNO2/c1-14(2,9-15)10-16-13(17)8-11-6-4-5-7-12(11)18-3/h4-7H,8-10H2,1-3H3,(H,16,17). The number of ether oxygens (including phenoxy) is 1. The highest BCUT2D eigenvalue weighted by molar-refractivity contribution is 6.18. The highest BCUT2D eigenvalue weighted by atomic mass is 35.5. The van der Waals surface area contributed by atoms with Crippen LogP contribution in [0, 0.1) is 5.41 Å². The second-order valence-corrected chi connectivity index (χ2v) is 5.33. The van der Waals surface area contributed by atoms with Crippen LogP contribution in [0.1, 0.15) is 19.4 Å². The van der Waals surface area contributed by atoms with E-state index in [0.29, 0.717) is 18.8 Å². The molecule has 1 rings (SSSR count). The molecule has 1 N–H and O–H groups in total. The Kier molecular flexibility index (Phi) is 5.48. The van der Waals surface area contributed by atoms with Crippen molar-refractivity contribution in [3.05, 3.63) is 29.8 Å². The molecule has 0 spiro atoms.